The monoisotopic (exact) mass is 185 g/mol. The zero-order valence-electron chi connectivity index (χ0n) is 7.70. The fourth-order valence-corrected chi connectivity index (χ4v) is 1.45. The summed E-state index contributed by atoms with van der Waals surface area (Å²) < 4.78 is 0. The summed E-state index contributed by atoms with van der Waals surface area (Å²) in [5.74, 6) is 0.188. The van der Waals surface area contributed by atoms with Crippen LogP contribution in [0.25, 0.3) is 10.9 Å². The Labute approximate surface area is 82.1 Å². The smallest absolute Gasteiger partial charge is 0.0950 e. The molecule has 2 aromatic rings. The van der Waals surface area contributed by atoms with Crippen LogP contribution in [0.5, 0.6) is 0 Å². The second-order valence-electron chi connectivity index (χ2n) is 3.23. The van der Waals surface area contributed by atoms with Gasteiger partial charge in [-0.25, -0.2) is 0 Å². The fraction of sp³-hybridized carbons (Fsp3) is 0.0909. The Hall–Kier alpha value is -1.90. The summed E-state index contributed by atoms with van der Waals surface area (Å²) >= 11 is 0. The molecule has 0 aliphatic heterocycles. The van der Waals surface area contributed by atoms with E-state index in [0.29, 0.717) is 6.42 Å². The number of aromatic nitrogens is 1. The molecule has 14 heavy (non-hydrogen) atoms. The van der Waals surface area contributed by atoms with E-state index in [1.165, 1.54) is 0 Å². The molecule has 1 aromatic carbocycles. The maximum absolute atomic E-state index is 7.20. The first-order chi connectivity index (χ1) is 6.75. The summed E-state index contributed by atoms with van der Waals surface area (Å²) in [4.78, 5) is 4.22. The van der Waals surface area contributed by atoms with Gasteiger partial charge in [-0.05, 0) is 23.8 Å². The van der Waals surface area contributed by atoms with Crippen LogP contribution in [0.15, 0.2) is 36.5 Å². The summed E-state index contributed by atoms with van der Waals surface area (Å²) in [6.45, 7) is 0. The van der Waals surface area contributed by atoms with E-state index < -0.39 is 0 Å². The van der Waals surface area contributed by atoms with E-state index >= 15 is 0 Å². The molecule has 0 aliphatic rings. The molecule has 0 aliphatic carbocycles. The van der Waals surface area contributed by atoms with Crippen LogP contribution in [-0.4, -0.2) is 10.8 Å². The predicted octanol–water partition coefficient (Wildman–Crippen LogP) is 1.71. The van der Waals surface area contributed by atoms with Crippen LogP contribution in [0.1, 0.15) is 5.56 Å². The maximum Gasteiger partial charge on any atom is 0.0950 e. The topological polar surface area (TPSA) is 62.8 Å². The SMILES string of the molecule is N=C(N)Cc1ccc2ncccc2c1. The average molecular weight is 185 g/mol. The summed E-state index contributed by atoms with van der Waals surface area (Å²) in [5, 5.41) is 8.29. The zero-order valence-corrected chi connectivity index (χ0v) is 7.70. The van der Waals surface area contributed by atoms with Crippen molar-refractivity contribution in [1.29, 1.82) is 5.41 Å². The second kappa shape index (κ2) is 3.46. The van der Waals surface area contributed by atoms with Gasteiger partial charge in [-0.2, -0.15) is 0 Å². The summed E-state index contributed by atoms with van der Waals surface area (Å²) in [7, 11) is 0. The third-order valence-electron chi connectivity index (χ3n) is 2.06. The van der Waals surface area contributed by atoms with Gasteiger partial charge < -0.3 is 5.73 Å². The first kappa shape index (κ1) is 8.69. The van der Waals surface area contributed by atoms with Crippen molar-refractivity contribution < 1.29 is 0 Å². The van der Waals surface area contributed by atoms with E-state index in [4.69, 9.17) is 11.1 Å². The molecule has 70 valence electrons. The summed E-state index contributed by atoms with van der Waals surface area (Å²) in [5.41, 5.74) is 7.36. The first-order valence-corrected chi connectivity index (χ1v) is 4.42. The minimum Gasteiger partial charge on any atom is -0.387 e. The van der Waals surface area contributed by atoms with Crippen LogP contribution in [0.2, 0.25) is 0 Å². The second-order valence-corrected chi connectivity index (χ2v) is 3.23. The fourth-order valence-electron chi connectivity index (χ4n) is 1.45. The van der Waals surface area contributed by atoms with Crippen molar-refractivity contribution in [2.45, 2.75) is 6.42 Å². The van der Waals surface area contributed by atoms with Crippen molar-refractivity contribution >= 4 is 16.7 Å². The largest absolute Gasteiger partial charge is 0.387 e. The van der Waals surface area contributed by atoms with Gasteiger partial charge in [0.05, 0.1) is 11.4 Å². The number of rotatable bonds is 2. The van der Waals surface area contributed by atoms with E-state index in [0.717, 1.165) is 16.5 Å². The van der Waals surface area contributed by atoms with E-state index in [1.54, 1.807) is 6.20 Å². The van der Waals surface area contributed by atoms with Crippen molar-refractivity contribution in [2.75, 3.05) is 0 Å². The lowest BCUT2D eigenvalue weighted by molar-refractivity contribution is 1.25. The van der Waals surface area contributed by atoms with Crippen LogP contribution in [0.4, 0.5) is 0 Å². The lowest BCUT2D eigenvalue weighted by Crippen LogP contribution is -2.12. The molecular formula is C11H11N3. The first-order valence-electron chi connectivity index (χ1n) is 4.42. The standard InChI is InChI=1S/C11H11N3/c12-11(13)7-8-3-4-10-9(6-8)2-1-5-14-10/h1-6H,7H2,(H3,12,13). The van der Waals surface area contributed by atoms with E-state index in [2.05, 4.69) is 4.98 Å². The lowest BCUT2D eigenvalue weighted by Gasteiger charge is -2.01. The Morgan fingerprint density at radius 1 is 1.36 bits per heavy atom. The number of benzene rings is 1. The molecule has 1 heterocycles. The number of fused-ring (bicyclic) bond motifs is 1. The van der Waals surface area contributed by atoms with Gasteiger partial charge in [-0.3, -0.25) is 10.4 Å². The van der Waals surface area contributed by atoms with Crippen molar-refractivity contribution in [3.05, 3.63) is 42.1 Å². The highest BCUT2D eigenvalue weighted by Crippen LogP contribution is 2.13. The van der Waals surface area contributed by atoms with Crippen LogP contribution in [-0.2, 0) is 6.42 Å². The van der Waals surface area contributed by atoms with Crippen molar-refractivity contribution in [3.8, 4) is 0 Å². The quantitative estimate of drug-likeness (QED) is 0.552. The lowest BCUT2D eigenvalue weighted by atomic mass is 10.1. The van der Waals surface area contributed by atoms with Gasteiger partial charge in [0.25, 0.3) is 0 Å². The molecule has 0 amide bonds. The Bertz CT molecular complexity index is 477. The van der Waals surface area contributed by atoms with Gasteiger partial charge in [0.2, 0.25) is 0 Å². The van der Waals surface area contributed by atoms with Gasteiger partial charge in [0.15, 0.2) is 0 Å². The normalized spacial score (nSPS) is 10.3. The number of hydrogen-bond acceptors (Lipinski definition) is 2. The molecule has 0 spiro atoms. The van der Waals surface area contributed by atoms with Crippen molar-refractivity contribution in [1.82, 2.24) is 4.98 Å². The van der Waals surface area contributed by atoms with Crippen LogP contribution in [0, 0.1) is 5.41 Å². The van der Waals surface area contributed by atoms with E-state index in [-0.39, 0.29) is 5.84 Å². The number of nitrogens with two attached hydrogens (primary N) is 1. The molecule has 3 N–H and O–H groups in total. The molecule has 0 unspecified atom stereocenters. The zero-order chi connectivity index (χ0) is 9.97. The number of amidine groups is 1. The molecule has 0 saturated carbocycles. The molecule has 0 fully saturated rings. The molecule has 1 aromatic heterocycles. The Balaban J connectivity index is 2.46. The van der Waals surface area contributed by atoms with Gasteiger partial charge >= 0.3 is 0 Å². The predicted molar refractivity (Wildman–Crippen MR) is 57.4 cm³/mol. The molecule has 0 atom stereocenters. The van der Waals surface area contributed by atoms with Crippen LogP contribution >= 0.6 is 0 Å². The summed E-state index contributed by atoms with van der Waals surface area (Å²) in [6.07, 6.45) is 2.28. The Morgan fingerprint density at radius 2 is 2.21 bits per heavy atom. The molecule has 0 bridgehead atoms. The van der Waals surface area contributed by atoms with E-state index in [9.17, 15) is 0 Å². The highest BCUT2D eigenvalue weighted by molar-refractivity contribution is 5.83. The van der Waals surface area contributed by atoms with Gasteiger partial charge in [-0.15, -0.1) is 0 Å². The molecular weight excluding hydrogens is 174 g/mol. The number of nitrogens with one attached hydrogen (secondary N) is 1. The third-order valence-corrected chi connectivity index (χ3v) is 2.06. The molecule has 3 nitrogen and oxygen atoms in total. The van der Waals surface area contributed by atoms with Gasteiger partial charge in [0, 0.05) is 18.0 Å². The van der Waals surface area contributed by atoms with Gasteiger partial charge in [-0.1, -0.05) is 12.1 Å². The Morgan fingerprint density at radius 3 is 3.00 bits per heavy atom. The molecule has 2 rings (SSSR count). The number of pyridine rings is 1. The minimum absolute atomic E-state index is 0.188. The number of hydrogen-bond donors (Lipinski definition) is 2. The van der Waals surface area contributed by atoms with Gasteiger partial charge in [0.1, 0.15) is 0 Å². The van der Waals surface area contributed by atoms with Crippen molar-refractivity contribution in [2.24, 2.45) is 5.73 Å². The molecule has 0 radical (unpaired) electrons. The highest BCUT2D eigenvalue weighted by atomic mass is 14.7. The highest BCUT2D eigenvalue weighted by Gasteiger charge is 1.97. The molecule has 0 saturated heterocycles. The third kappa shape index (κ3) is 1.71. The number of nitrogens with zero attached hydrogens (tertiary/aromatic N) is 1. The van der Waals surface area contributed by atoms with E-state index in [1.807, 2.05) is 30.3 Å². The Kier molecular flexibility index (Phi) is 2.14. The summed E-state index contributed by atoms with van der Waals surface area (Å²) in [6, 6.07) is 9.83. The minimum atomic E-state index is 0.188. The van der Waals surface area contributed by atoms with Crippen molar-refractivity contribution in [3.63, 3.8) is 0 Å². The maximum atomic E-state index is 7.20. The van der Waals surface area contributed by atoms with Crippen LogP contribution < -0.4 is 5.73 Å². The average Bonchev–Trinajstić information content (AvgIpc) is 2.17. The van der Waals surface area contributed by atoms with Crippen LogP contribution in [0.3, 0.4) is 0 Å². The molecule has 3 heteroatoms.